The van der Waals surface area contributed by atoms with E-state index in [1.165, 1.54) is 6.07 Å². The summed E-state index contributed by atoms with van der Waals surface area (Å²) >= 11 is 15.0. The van der Waals surface area contributed by atoms with Gasteiger partial charge in [-0.25, -0.2) is 4.39 Å². The number of ketones is 1. The van der Waals surface area contributed by atoms with Crippen LogP contribution in [0.25, 0.3) is 0 Å². The number of rotatable bonds is 4. The summed E-state index contributed by atoms with van der Waals surface area (Å²) in [6.07, 6.45) is 0.198. The van der Waals surface area contributed by atoms with Gasteiger partial charge in [-0.1, -0.05) is 51.3 Å². The zero-order chi connectivity index (χ0) is 14.7. The molecule has 0 radical (unpaired) electrons. The molecule has 0 fully saturated rings. The number of hydrogen-bond donors (Lipinski definition) is 0. The summed E-state index contributed by atoms with van der Waals surface area (Å²) < 4.78 is 14.3. The van der Waals surface area contributed by atoms with E-state index in [0.717, 1.165) is 0 Å². The Morgan fingerprint density at radius 2 is 1.70 bits per heavy atom. The lowest BCUT2D eigenvalue weighted by molar-refractivity contribution is -0.117. The Kier molecular flexibility index (Phi) is 5.19. The third-order valence-electron chi connectivity index (χ3n) is 2.81. The van der Waals surface area contributed by atoms with E-state index in [9.17, 15) is 9.18 Å². The second kappa shape index (κ2) is 6.70. The smallest absolute Gasteiger partial charge is 0.141 e. The van der Waals surface area contributed by atoms with E-state index in [-0.39, 0.29) is 18.6 Å². The number of carbonyl (C=O) groups is 1. The molecule has 0 aliphatic rings. The third kappa shape index (κ3) is 4.05. The van der Waals surface area contributed by atoms with Crippen LogP contribution in [0, 0.1) is 5.82 Å². The monoisotopic (exact) mass is 374 g/mol. The SMILES string of the molecule is O=C(Cc1ccc(Br)cc1F)Cc1ccc(Cl)cc1Cl. The Morgan fingerprint density at radius 3 is 2.35 bits per heavy atom. The maximum absolute atomic E-state index is 13.7. The van der Waals surface area contributed by atoms with Crippen LogP contribution in [0.4, 0.5) is 4.39 Å². The predicted octanol–water partition coefficient (Wildman–Crippen LogP) is 5.25. The molecule has 20 heavy (non-hydrogen) atoms. The molecule has 0 spiro atoms. The minimum absolute atomic E-state index is 0.0398. The van der Waals surface area contributed by atoms with Gasteiger partial charge in [0.15, 0.2) is 0 Å². The van der Waals surface area contributed by atoms with E-state index < -0.39 is 5.82 Å². The lowest BCUT2D eigenvalue weighted by atomic mass is 10.0. The fourth-order valence-electron chi connectivity index (χ4n) is 1.82. The summed E-state index contributed by atoms with van der Waals surface area (Å²) in [5, 5.41) is 0.965. The molecule has 5 heteroatoms. The average Bonchev–Trinajstić information content (AvgIpc) is 2.36. The molecule has 0 aromatic heterocycles. The van der Waals surface area contributed by atoms with Gasteiger partial charge in [-0.05, 0) is 35.4 Å². The molecule has 2 aromatic carbocycles. The highest BCUT2D eigenvalue weighted by molar-refractivity contribution is 9.10. The summed E-state index contributed by atoms with van der Waals surface area (Å²) in [6, 6.07) is 9.63. The number of halogens is 4. The molecule has 0 N–H and O–H groups in total. The van der Waals surface area contributed by atoms with Crippen molar-refractivity contribution in [3.63, 3.8) is 0 Å². The molecule has 0 bridgehead atoms. The summed E-state index contributed by atoms with van der Waals surface area (Å²) in [5.41, 5.74) is 1.07. The molecule has 2 rings (SSSR count). The Labute approximate surface area is 134 Å². The minimum Gasteiger partial charge on any atom is -0.299 e. The lowest BCUT2D eigenvalue weighted by Crippen LogP contribution is -2.08. The maximum atomic E-state index is 13.7. The zero-order valence-electron chi connectivity index (χ0n) is 10.3. The molecule has 1 nitrogen and oxygen atoms in total. The van der Waals surface area contributed by atoms with Gasteiger partial charge in [0.25, 0.3) is 0 Å². The number of hydrogen-bond acceptors (Lipinski definition) is 1. The van der Waals surface area contributed by atoms with E-state index in [0.29, 0.717) is 25.6 Å². The van der Waals surface area contributed by atoms with Gasteiger partial charge in [0.05, 0.1) is 0 Å². The quantitative estimate of drug-likeness (QED) is 0.713. The minimum atomic E-state index is -0.394. The van der Waals surface area contributed by atoms with Crippen LogP contribution < -0.4 is 0 Å². The van der Waals surface area contributed by atoms with Crippen LogP contribution in [0.2, 0.25) is 10.0 Å². The Hall–Kier alpha value is -0.900. The second-order valence-electron chi connectivity index (χ2n) is 4.36. The molecule has 0 unspecified atom stereocenters. The van der Waals surface area contributed by atoms with E-state index in [2.05, 4.69) is 15.9 Å². The Morgan fingerprint density at radius 1 is 1.05 bits per heavy atom. The molecule has 2 aromatic rings. The molecule has 0 amide bonds. The predicted molar refractivity (Wildman–Crippen MR) is 83.0 cm³/mol. The first-order chi connectivity index (χ1) is 9.45. The molecule has 0 aliphatic heterocycles. The van der Waals surface area contributed by atoms with Crippen molar-refractivity contribution in [3.8, 4) is 0 Å². The largest absolute Gasteiger partial charge is 0.299 e. The van der Waals surface area contributed by atoms with Crippen LogP contribution in [0.1, 0.15) is 11.1 Å². The third-order valence-corrected chi connectivity index (χ3v) is 3.89. The van der Waals surface area contributed by atoms with E-state index in [4.69, 9.17) is 23.2 Å². The van der Waals surface area contributed by atoms with Crippen molar-refractivity contribution in [1.82, 2.24) is 0 Å². The van der Waals surface area contributed by atoms with Crippen molar-refractivity contribution in [2.75, 3.05) is 0 Å². The summed E-state index contributed by atoms with van der Waals surface area (Å²) in [4.78, 5) is 12.0. The van der Waals surface area contributed by atoms with E-state index in [1.54, 1.807) is 30.3 Å². The second-order valence-corrected chi connectivity index (χ2v) is 6.12. The Balaban J connectivity index is 2.09. The van der Waals surface area contributed by atoms with E-state index in [1.807, 2.05) is 0 Å². The van der Waals surface area contributed by atoms with Gasteiger partial charge >= 0.3 is 0 Å². The van der Waals surface area contributed by atoms with Crippen LogP contribution in [0.5, 0.6) is 0 Å². The van der Waals surface area contributed by atoms with Crippen molar-refractivity contribution in [2.24, 2.45) is 0 Å². The van der Waals surface area contributed by atoms with Crippen molar-refractivity contribution >= 4 is 44.9 Å². The molecule has 0 heterocycles. The van der Waals surface area contributed by atoms with Gasteiger partial charge in [-0.2, -0.15) is 0 Å². The molecule has 0 aliphatic carbocycles. The van der Waals surface area contributed by atoms with Gasteiger partial charge in [0.2, 0.25) is 0 Å². The lowest BCUT2D eigenvalue weighted by Gasteiger charge is -2.06. The zero-order valence-corrected chi connectivity index (χ0v) is 13.4. The van der Waals surface area contributed by atoms with Gasteiger partial charge in [-0.3, -0.25) is 4.79 Å². The molecule has 0 saturated carbocycles. The number of Topliss-reactive ketones (excluding diaryl/α,β-unsaturated/α-hetero) is 1. The first-order valence-corrected chi connectivity index (χ1v) is 7.40. The maximum Gasteiger partial charge on any atom is 0.141 e. The highest BCUT2D eigenvalue weighted by Gasteiger charge is 2.11. The molecular weight excluding hydrogens is 366 g/mol. The van der Waals surface area contributed by atoms with Crippen LogP contribution in [0.15, 0.2) is 40.9 Å². The molecular formula is C15H10BrCl2FO. The van der Waals surface area contributed by atoms with Gasteiger partial charge in [0.1, 0.15) is 11.6 Å². The molecule has 104 valence electrons. The summed E-state index contributed by atoms with van der Waals surface area (Å²) in [7, 11) is 0. The number of carbonyl (C=O) groups excluding carboxylic acids is 1. The van der Waals surface area contributed by atoms with Crippen molar-refractivity contribution in [2.45, 2.75) is 12.8 Å². The van der Waals surface area contributed by atoms with Crippen LogP contribution in [-0.4, -0.2) is 5.78 Å². The Bertz CT molecular complexity index is 603. The van der Waals surface area contributed by atoms with Gasteiger partial charge in [-0.15, -0.1) is 0 Å². The topological polar surface area (TPSA) is 17.1 Å². The fraction of sp³-hybridized carbons (Fsp3) is 0.133. The molecule has 0 atom stereocenters. The van der Waals surface area contributed by atoms with Crippen molar-refractivity contribution < 1.29 is 9.18 Å². The fourth-order valence-corrected chi connectivity index (χ4v) is 2.63. The average molecular weight is 376 g/mol. The summed E-state index contributed by atoms with van der Waals surface area (Å²) in [6.45, 7) is 0. The normalized spacial score (nSPS) is 10.6. The molecule has 0 saturated heterocycles. The highest BCUT2D eigenvalue weighted by Crippen LogP contribution is 2.22. The first-order valence-electron chi connectivity index (χ1n) is 5.85. The van der Waals surface area contributed by atoms with Crippen LogP contribution >= 0.6 is 39.1 Å². The van der Waals surface area contributed by atoms with E-state index >= 15 is 0 Å². The van der Waals surface area contributed by atoms with Crippen molar-refractivity contribution in [3.05, 3.63) is 67.9 Å². The number of benzene rings is 2. The standard InChI is InChI=1S/C15H10BrCl2FO/c16-11-3-1-10(15(19)7-11)6-13(20)5-9-2-4-12(17)8-14(9)18/h1-4,7-8H,5-6H2. The summed E-state index contributed by atoms with van der Waals surface area (Å²) in [5.74, 6) is -0.495. The van der Waals surface area contributed by atoms with Crippen molar-refractivity contribution in [1.29, 1.82) is 0 Å². The van der Waals surface area contributed by atoms with Gasteiger partial charge < -0.3 is 0 Å². The van der Waals surface area contributed by atoms with Gasteiger partial charge in [0, 0.05) is 27.4 Å². The van der Waals surface area contributed by atoms with Crippen LogP contribution in [-0.2, 0) is 17.6 Å². The highest BCUT2D eigenvalue weighted by atomic mass is 79.9. The van der Waals surface area contributed by atoms with Crippen LogP contribution in [0.3, 0.4) is 0 Å². The first kappa shape index (κ1) is 15.5.